The first-order valence-corrected chi connectivity index (χ1v) is 7.18. The molecule has 0 unspecified atom stereocenters. The third-order valence-electron chi connectivity index (χ3n) is 2.73. The average Bonchev–Trinajstić information content (AvgIpc) is 2.78. The molecule has 0 aliphatic heterocycles. The number of aromatic nitrogens is 2. The fraction of sp³-hybridized carbons (Fsp3) is 0.182. The Morgan fingerprint density at radius 1 is 1.37 bits per heavy atom. The van der Waals surface area contributed by atoms with Crippen LogP contribution in [0.25, 0.3) is 0 Å². The van der Waals surface area contributed by atoms with E-state index in [-0.39, 0.29) is 5.03 Å². The number of hydrogen-bond donors (Lipinski definition) is 1. The zero-order chi connectivity index (χ0) is 14.2. The van der Waals surface area contributed by atoms with E-state index < -0.39 is 10.0 Å². The largest absolute Gasteiger partial charge is 0.397 e. The molecule has 19 heavy (non-hydrogen) atoms. The number of nitrogens with two attached hydrogens (primary N) is 1. The van der Waals surface area contributed by atoms with E-state index in [9.17, 15) is 8.42 Å². The second-order valence-corrected chi connectivity index (χ2v) is 6.32. The van der Waals surface area contributed by atoms with Gasteiger partial charge in [-0.05, 0) is 24.3 Å². The van der Waals surface area contributed by atoms with Crippen molar-refractivity contribution in [1.29, 1.82) is 0 Å². The van der Waals surface area contributed by atoms with E-state index in [1.165, 1.54) is 30.1 Å². The first kappa shape index (κ1) is 13.7. The van der Waals surface area contributed by atoms with Crippen molar-refractivity contribution in [1.82, 2.24) is 9.78 Å². The average molecular weight is 301 g/mol. The summed E-state index contributed by atoms with van der Waals surface area (Å²) in [5, 5.41) is 4.34. The molecule has 0 saturated carbocycles. The summed E-state index contributed by atoms with van der Waals surface area (Å²) < 4.78 is 27.3. The van der Waals surface area contributed by atoms with Crippen molar-refractivity contribution in [2.24, 2.45) is 7.05 Å². The molecule has 0 fully saturated rings. The molecule has 102 valence electrons. The van der Waals surface area contributed by atoms with Crippen LogP contribution in [0.2, 0.25) is 5.02 Å². The third-order valence-corrected chi connectivity index (χ3v) is 4.81. The van der Waals surface area contributed by atoms with E-state index in [1.54, 1.807) is 19.2 Å². The number of nitrogen functional groups attached to an aromatic ring is 1. The monoisotopic (exact) mass is 300 g/mol. The van der Waals surface area contributed by atoms with Gasteiger partial charge in [0.1, 0.15) is 0 Å². The number of nitrogens with zero attached hydrogens (tertiary/aromatic N) is 3. The van der Waals surface area contributed by atoms with E-state index in [4.69, 9.17) is 17.3 Å². The highest BCUT2D eigenvalue weighted by Gasteiger charge is 2.25. The molecule has 0 aliphatic carbocycles. The van der Waals surface area contributed by atoms with Crippen LogP contribution in [0.4, 0.5) is 11.4 Å². The van der Waals surface area contributed by atoms with Gasteiger partial charge in [-0.2, -0.15) is 13.5 Å². The molecule has 0 spiro atoms. The number of halogens is 1. The Kier molecular flexibility index (Phi) is 3.42. The van der Waals surface area contributed by atoms with Crippen molar-refractivity contribution < 1.29 is 8.42 Å². The molecule has 1 aromatic heterocycles. The summed E-state index contributed by atoms with van der Waals surface area (Å²) in [4.78, 5) is 0. The fourth-order valence-corrected chi connectivity index (χ4v) is 3.15. The van der Waals surface area contributed by atoms with Crippen LogP contribution in [0.1, 0.15) is 0 Å². The third kappa shape index (κ3) is 2.39. The number of rotatable bonds is 3. The normalized spacial score (nSPS) is 11.5. The first-order valence-electron chi connectivity index (χ1n) is 5.36. The zero-order valence-corrected chi connectivity index (χ0v) is 12.0. The fourth-order valence-electron chi connectivity index (χ4n) is 1.67. The van der Waals surface area contributed by atoms with Gasteiger partial charge in [0.25, 0.3) is 10.0 Å². The molecule has 2 N–H and O–H groups in total. The Balaban J connectivity index is 2.53. The maximum Gasteiger partial charge on any atom is 0.281 e. The number of benzene rings is 1. The predicted octanol–water partition coefficient (Wildman–Crippen LogP) is 1.48. The number of sulfonamides is 1. The van der Waals surface area contributed by atoms with Gasteiger partial charge in [-0.15, -0.1) is 0 Å². The molecule has 0 amide bonds. The second kappa shape index (κ2) is 4.75. The number of aryl methyl sites for hydroxylation is 1. The van der Waals surface area contributed by atoms with Gasteiger partial charge in [-0.1, -0.05) is 11.6 Å². The van der Waals surface area contributed by atoms with E-state index in [0.29, 0.717) is 16.4 Å². The molecule has 2 rings (SSSR count). The molecule has 0 radical (unpaired) electrons. The molecule has 0 atom stereocenters. The highest BCUT2D eigenvalue weighted by atomic mass is 35.5. The van der Waals surface area contributed by atoms with Crippen molar-refractivity contribution in [3.63, 3.8) is 0 Å². The predicted molar refractivity (Wildman–Crippen MR) is 74.7 cm³/mol. The molecule has 2 aromatic rings. The van der Waals surface area contributed by atoms with E-state index in [0.717, 1.165) is 4.31 Å². The van der Waals surface area contributed by atoms with E-state index in [1.807, 2.05) is 0 Å². The highest BCUT2D eigenvalue weighted by molar-refractivity contribution is 7.92. The van der Waals surface area contributed by atoms with Gasteiger partial charge in [0.05, 0.1) is 17.6 Å². The molecule has 0 saturated heterocycles. The molecule has 0 aliphatic rings. The van der Waals surface area contributed by atoms with Gasteiger partial charge in [-0.3, -0.25) is 8.99 Å². The maximum absolute atomic E-state index is 12.4. The van der Waals surface area contributed by atoms with Gasteiger partial charge in [-0.25, -0.2) is 0 Å². The summed E-state index contributed by atoms with van der Waals surface area (Å²) in [6.07, 6.45) is 1.42. The standard InChI is InChI=1S/C11H13ClN4O2S/c1-15-11(5-6-14-15)19(17,18)16(2)10-7-8(12)3-4-9(10)13/h3-7H,13H2,1-2H3. The molecule has 1 aromatic carbocycles. The van der Waals surface area contributed by atoms with Crippen LogP contribution in [0.3, 0.4) is 0 Å². The second-order valence-electron chi connectivity index (χ2n) is 3.97. The summed E-state index contributed by atoms with van der Waals surface area (Å²) in [5.41, 5.74) is 6.45. The molecule has 8 heteroatoms. The highest BCUT2D eigenvalue weighted by Crippen LogP contribution is 2.29. The van der Waals surface area contributed by atoms with Gasteiger partial charge in [0.2, 0.25) is 0 Å². The Hall–Kier alpha value is -1.73. The summed E-state index contributed by atoms with van der Waals surface area (Å²) in [7, 11) is -0.745. The van der Waals surface area contributed by atoms with Crippen LogP contribution < -0.4 is 10.0 Å². The molecular formula is C11H13ClN4O2S. The number of anilines is 2. The maximum atomic E-state index is 12.4. The number of hydrogen-bond acceptors (Lipinski definition) is 4. The summed E-state index contributed by atoms with van der Waals surface area (Å²) in [5.74, 6) is 0. The van der Waals surface area contributed by atoms with E-state index >= 15 is 0 Å². The SMILES string of the molecule is CN(c1cc(Cl)ccc1N)S(=O)(=O)c1ccnn1C. The van der Waals surface area contributed by atoms with Gasteiger partial charge in [0.15, 0.2) is 5.03 Å². The lowest BCUT2D eigenvalue weighted by Gasteiger charge is -2.21. The van der Waals surface area contributed by atoms with Crippen molar-refractivity contribution >= 4 is 33.0 Å². The van der Waals surface area contributed by atoms with Crippen LogP contribution in [-0.2, 0) is 17.1 Å². The Labute approximate surface area is 116 Å². The summed E-state index contributed by atoms with van der Waals surface area (Å²) in [6.45, 7) is 0. The molecule has 1 heterocycles. The van der Waals surface area contributed by atoms with Gasteiger partial charge < -0.3 is 5.73 Å². The summed E-state index contributed by atoms with van der Waals surface area (Å²) in [6, 6.07) is 6.09. The smallest absolute Gasteiger partial charge is 0.281 e. The molecular weight excluding hydrogens is 288 g/mol. The lowest BCUT2D eigenvalue weighted by atomic mass is 10.3. The lowest BCUT2D eigenvalue weighted by molar-refractivity contribution is 0.575. The van der Waals surface area contributed by atoms with Crippen molar-refractivity contribution in [3.05, 3.63) is 35.5 Å². The quantitative estimate of drug-likeness (QED) is 0.871. The van der Waals surface area contributed by atoms with Gasteiger partial charge in [0, 0.05) is 19.1 Å². The van der Waals surface area contributed by atoms with Crippen LogP contribution >= 0.6 is 11.6 Å². The van der Waals surface area contributed by atoms with Gasteiger partial charge >= 0.3 is 0 Å². The molecule has 6 nitrogen and oxygen atoms in total. The van der Waals surface area contributed by atoms with Crippen LogP contribution in [0.5, 0.6) is 0 Å². The Bertz CT molecular complexity index is 711. The van der Waals surface area contributed by atoms with Crippen LogP contribution in [0.15, 0.2) is 35.5 Å². The first-order chi connectivity index (χ1) is 8.84. The van der Waals surface area contributed by atoms with Crippen LogP contribution in [-0.4, -0.2) is 25.2 Å². The molecule has 0 bridgehead atoms. The van der Waals surface area contributed by atoms with E-state index in [2.05, 4.69) is 5.10 Å². The Morgan fingerprint density at radius 2 is 2.05 bits per heavy atom. The van der Waals surface area contributed by atoms with Crippen molar-refractivity contribution in [3.8, 4) is 0 Å². The minimum atomic E-state index is -3.72. The minimum absolute atomic E-state index is 0.0781. The van der Waals surface area contributed by atoms with Crippen molar-refractivity contribution in [2.75, 3.05) is 17.1 Å². The summed E-state index contributed by atoms with van der Waals surface area (Å²) >= 11 is 5.87. The Morgan fingerprint density at radius 3 is 2.63 bits per heavy atom. The lowest BCUT2D eigenvalue weighted by Crippen LogP contribution is -2.29. The van der Waals surface area contributed by atoms with Crippen LogP contribution in [0, 0.1) is 0 Å². The van der Waals surface area contributed by atoms with Crippen molar-refractivity contribution in [2.45, 2.75) is 5.03 Å². The topological polar surface area (TPSA) is 81.2 Å². The minimum Gasteiger partial charge on any atom is -0.397 e. The zero-order valence-electron chi connectivity index (χ0n) is 10.4.